The van der Waals surface area contributed by atoms with Gasteiger partial charge >= 0.3 is 0 Å². The van der Waals surface area contributed by atoms with E-state index in [4.69, 9.17) is 4.74 Å². The molecule has 0 aliphatic carbocycles. The topological polar surface area (TPSA) is 50.3 Å². The van der Waals surface area contributed by atoms with Crippen LogP contribution in [0.15, 0.2) is 0 Å². The molecule has 1 aromatic rings. The van der Waals surface area contributed by atoms with Crippen molar-refractivity contribution in [3.63, 3.8) is 0 Å². The third kappa shape index (κ3) is 2.69. The zero-order valence-corrected chi connectivity index (χ0v) is 10.8. The van der Waals surface area contributed by atoms with E-state index in [-0.39, 0.29) is 5.60 Å². The summed E-state index contributed by atoms with van der Waals surface area (Å²) in [6.07, 6.45) is 0. The Kier molecular flexibility index (Phi) is 3.41. The maximum absolute atomic E-state index is 5.68. The maximum Gasteiger partial charge on any atom is 0.134 e. The number of morpholine rings is 1. The molecule has 0 bridgehead atoms. The van der Waals surface area contributed by atoms with Crippen molar-refractivity contribution in [3.8, 4) is 0 Å². The Balaban J connectivity index is 1.99. The number of hydrogen-bond donors (Lipinski definition) is 1. The van der Waals surface area contributed by atoms with Crippen LogP contribution in [-0.4, -0.2) is 46.8 Å². The van der Waals surface area contributed by atoms with Crippen molar-refractivity contribution >= 4 is 16.5 Å². The van der Waals surface area contributed by atoms with Gasteiger partial charge in [0, 0.05) is 38.2 Å². The van der Waals surface area contributed by atoms with Crippen LogP contribution < -0.4 is 5.32 Å². The van der Waals surface area contributed by atoms with Crippen molar-refractivity contribution in [2.45, 2.75) is 26.0 Å². The predicted molar refractivity (Wildman–Crippen MR) is 64.8 cm³/mol. The lowest BCUT2D eigenvalue weighted by Gasteiger charge is -2.37. The van der Waals surface area contributed by atoms with Gasteiger partial charge in [-0.25, -0.2) is 0 Å². The summed E-state index contributed by atoms with van der Waals surface area (Å²) >= 11 is 1.41. The highest BCUT2D eigenvalue weighted by Crippen LogP contribution is 2.22. The van der Waals surface area contributed by atoms with E-state index in [0.29, 0.717) is 0 Å². The first-order valence-electron chi connectivity index (χ1n) is 5.46. The largest absolute Gasteiger partial charge is 0.377 e. The molecule has 90 valence electrons. The fourth-order valence-electron chi connectivity index (χ4n) is 1.96. The van der Waals surface area contributed by atoms with Gasteiger partial charge in [-0.3, -0.25) is 4.90 Å². The lowest BCUT2D eigenvalue weighted by Crippen LogP contribution is -2.47. The highest BCUT2D eigenvalue weighted by atomic mass is 32.1. The molecule has 6 heteroatoms. The molecule has 0 amide bonds. The molecule has 1 fully saturated rings. The molecule has 0 unspecified atom stereocenters. The second-order valence-corrected chi connectivity index (χ2v) is 5.37. The predicted octanol–water partition coefficient (Wildman–Crippen LogP) is 1.19. The molecular weight excluding hydrogens is 224 g/mol. The first-order chi connectivity index (χ1) is 7.61. The molecule has 1 aliphatic heterocycles. The van der Waals surface area contributed by atoms with Crippen molar-refractivity contribution in [1.82, 2.24) is 14.5 Å². The van der Waals surface area contributed by atoms with Crippen LogP contribution in [0.25, 0.3) is 0 Å². The standard InChI is InChI=1S/C10H18N4OS/c1-10(2)7-14(4-5-15-10)6-8-9(11-3)16-13-12-8/h11H,4-7H2,1-3H3. The van der Waals surface area contributed by atoms with Crippen molar-refractivity contribution in [2.24, 2.45) is 0 Å². The first-order valence-corrected chi connectivity index (χ1v) is 6.23. The van der Waals surface area contributed by atoms with E-state index in [1.807, 2.05) is 7.05 Å². The number of nitrogens with one attached hydrogen (secondary N) is 1. The van der Waals surface area contributed by atoms with E-state index in [2.05, 4.69) is 33.7 Å². The molecule has 0 atom stereocenters. The highest BCUT2D eigenvalue weighted by Gasteiger charge is 2.27. The molecule has 16 heavy (non-hydrogen) atoms. The Bertz CT molecular complexity index is 352. The molecule has 0 spiro atoms. The van der Waals surface area contributed by atoms with E-state index in [9.17, 15) is 0 Å². The third-order valence-corrected chi connectivity index (χ3v) is 3.45. The van der Waals surface area contributed by atoms with Crippen LogP contribution in [0.1, 0.15) is 19.5 Å². The Morgan fingerprint density at radius 2 is 2.38 bits per heavy atom. The van der Waals surface area contributed by atoms with Crippen LogP contribution in [-0.2, 0) is 11.3 Å². The Morgan fingerprint density at radius 3 is 3.06 bits per heavy atom. The molecule has 0 aromatic carbocycles. The van der Waals surface area contributed by atoms with Crippen LogP contribution in [0, 0.1) is 0 Å². The van der Waals surface area contributed by atoms with Gasteiger partial charge < -0.3 is 10.1 Å². The van der Waals surface area contributed by atoms with E-state index in [0.717, 1.165) is 36.9 Å². The van der Waals surface area contributed by atoms with Gasteiger partial charge in [0.1, 0.15) is 10.7 Å². The van der Waals surface area contributed by atoms with Crippen LogP contribution in [0.4, 0.5) is 5.00 Å². The Labute approximate surface area is 100.0 Å². The summed E-state index contributed by atoms with van der Waals surface area (Å²) < 4.78 is 9.65. The Morgan fingerprint density at radius 1 is 1.56 bits per heavy atom. The summed E-state index contributed by atoms with van der Waals surface area (Å²) in [7, 11) is 1.90. The summed E-state index contributed by atoms with van der Waals surface area (Å²) in [5.41, 5.74) is 0.979. The van der Waals surface area contributed by atoms with Gasteiger partial charge in [0.05, 0.1) is 12.2 Å². The number of hydrogen-bond acceptors (Lipinski definition) is 6. The van der Waals surface area contributed by atoms with Crippen molar-refractivity contribution < 1.29 is 4.74 Å². The molecular formula is C10H18N4OS. The van der Waals surface area contributed by atoms with Gasteiger partial charge in [-0.05, 0) is 13.8 Å². The van der Waals surface area contributed by atoms with Crippen LogP contribution in [0.5, 0.6) is 0 Å². The lowest BCUT2D eigenvalue weighted by molar-refractivity contribution is -0.0884. The lowest BCUT2D eigenvalue weighted by atomic mass is 10.1. The maximum atomic E-state index is 5.68. The molecule has 2 heterocycles. The number of anilines is 1. The summed E-state index contributed by atoms with van der Waals surface area (Å²) in [4.78, 5) is 2.36. The van der Waals surface area contributed by atoms with Crippen LogP contribution in [0.2, 0.25) is 0 Å². The smallest absolute Gasteiger partial charge is 0.134 e. The number of aromatic nitrogens is 2. The monoisotopic (exact) mass is 242 g/mol. The van der Waals surface area contributed by atoms with Crippen molar-refractivity contribution in [3.05, 3.63) is 5.69 Å². The Hall–Kier alpha value is -0.720. The van der Waals surface area contributed by atoms with Gasteiger partial charge in [0.25, 0.3) is 0 Å². The molecule has 1 aromatic heterocycles. The highest BCUT2D eigenvalue weighted by molar-refractivity contribution is 7.10. The minimum absolute atomic E-state index is 0.0541. The van der Waals surface area contributed by atoms with E-state index < -0.39 is 0 Å². The number of ether oxygens (including phenoxy) is 1. The molecule has 1 saturated heterocycles. The normalized spacial score (nSPS) is 20.9. The van der Waals surface area contributed by atoms with Gasteiger partial charge in [0.2, 0.25) is 0 Å². The second kappa shape index (κ2) is 4.65. The molecule has 1 N–H and O–H groups in total. The minimum Gasteiger partial charge on any atom is -0.377 e. The molecule has 2 rings (SSSR count). The summed E-state index contributed by atoms with van der Waals surface area (Å²) in [5, 5.41) is 8.33. The average Bonchev–Trinajstić information content (AvgIpc) is 2.63. The van der Waals surface area contributed by atoms with E-state index in [1.54, 1.807) is 0 Å². The molecule has 5 nitrogen and oxygen atoms in total. The number of nitrogens with zero attached hydrogens (tertiary/aromatic N) is 3. The minimum atomic E-state index is -0.0541. The fraction of sp³-hybridized carbons (Fsp3) is 0.800. The average molecular weight is 242 g/mol. The first kappa shape index (κ1) is 11.8. The van der Waals surface area contributed by atoms with Gasteiger partial charge in [-0.1, -0.05) is 4.49 Å². The van der Waals surface area contributed by atoms with Crippen LogP contribution >= 0.6 is 11.5 Å². The second-order valence-electron chi connectivity index (χ2n) is 4.62. The van der Waals surface area contributed by atoms with Gasteiger partial charge in [-0.15, -0.1) is 5.10 Å². The molecule has 0 radical (unpaired) electrons. The zero-order chi connectivity index (χ0) is 11.6. The van der Waals surface area contributed by atoms with Gasteiger partial charge in [-0.2, -0.15) is 0 Å². The SMILES string of the molecule is CNc1snnc1CN1CCOC(C)(C)C1. The van der Waals surface area contributed by atoms with Crippen molar-refractivity contribution in [2.75, 3.05) is 32.1 Å². The molecule has 0 saturated carbocycles. The fourth-order valence-corrected chi connectivity index (χ4v) is 2.49. The summed E-state index contributed by atoms with van der Waals surface area (Å²) in [5.74, 6) is 0. The van der Waals surface area contributed by atoms with Gasteiger partial charge in [0.15, 0.2) is 0 Å². The quantitative estimate of drug-likeness (QED) is 0.863. The van der Waals surface area contributed by atoms with Crippen LogP contribution in [0.3, 0.4) is 0 Å². The number of rotatable bonds is 3. The summed E-state index contributed by atoms with van der Waals surface area (Å²) in [6.45, 7) is 7.78. The molecule has 1 aliphatic rings. The van der Waals surface area contributed by atoms with E-state index in [1.165, 1.54) is 11.5 Å². The zero-order valence-electron chi connectivity index (χ0n) is 9.99. The van der Waals surface area contributed by atoms with Crippen molar-refractivity contribution in [1.29, 1.82) is 0 Å². The third-order valence-electron chi connectivity index (χ3n) is 2.66. The van der Waals surface area contributed by atoms with E-state index >= 15 is 0 Å². The summed E-state index contributed by atoms with van der Waals surface area (Å²) in [6, 6.07) is 0.